The van der Waals surface area contributed by atoms with Crippen molar-refractivity contribution in [3.8, 4) is 0 Å². The van der Waals surface area contributed by atoms with Crippen LogP contribution in [-0.2, 0) is 33.2 Å². The van der Waals surface area contributed by atoms with E-state index in [2.05, 4.69) is 48.5 Å². The Kier molecular flexibility index (Phi) is 16.5. The SMILES string of the molecule is CC(OCCC(C)(C)O)C1COC(C(CC(C)(C)OCCC(C)(C)OC=O)C(C)(C)OCCC(C)(C)O)C1C(C)(C)OCCC(C)(C)O. The molecule has 0 radical (unpaired) electrons. The molecule has 1 rings (SSSR count). The number of carbonyl (C=O) groups excluding carboxylic acids is 1. The van der Waals surface area contributed by atoms with Gasteiger partial charge in [-0.3, -0.25) is 4.79 Å². The van der Waals surface area contributed by atoms with Crippen LogP contribution in [0.3, 0.4) is 0 Å². The molecule has 3 N–H and O–H groups in total. The third-order valence-corrected chi connectivity index (χ3v) is 9.74. The van der Waals surface area contributed by atoms with Crippen LogP contribution in [0.15, 0.2) is 0 Å². The number of hydrogen-bond donors (Lipinski definition) is 3. The van der Waals surface area contributed by atoms with Gasteiger partial charge in [-0.1, -0.05) is 0 Å². The van der Waals surface area contributed by atoms with Crippen LogP contribution in [0.2, 0.25) is 0 Å². The molecule has 0 aliphatic carbocycles. The second-order valence-electron chi connectivity index (χ2n) is 18.3. The molecule has 0 amide bonds. The maximum Gasteiger partial charge on any atom is 0.293 e. The van der Waals surface area contributed by atoms with Gasteiger partial charge in [-0.25, -0.2) is 0 Å². The molecule has 0 bridgehead atoms. The molecule has 286 valence electrons. The van der Waals surface area contributed by atoms with E-state index >= 15 is 0 Å². The van der Waals surface area contributed by atoms with E-state index in [1.165, 1.54) is 0 Å². The molecular formula is C38H74O10. The molecule has 10 heteroatoms. The van der Waals surface area contributed by atoms with Gasteiger partial charge in [-0.05, 0) is 130 Å². The van der Waals surface area contributed by atoms with Crippen molar-refractivity contribution < 1.29 is 48.5 Å². The Bertz CT molecular complexity index is 939. The predicted octanol–water partition coefficient (Wildman–Crippen LogP) is 6.24. The summed E-state index contributed by atoms with van der Waals surface area (Å²) in [4.78, 5) is 11.0. The highest BCUT2D eigenvalue weighted by atomic mass is 16.5. The Morgan fingerprint density at radius 2 is 1.17 bits per heavy atom. The molecule has 1 heterocycles. The van der Waals surface area contributed by atoms with E-state index in [4.69, 9.17) is 28.4 Å². The highest BCUT2D eigenvalue weighted by Crippen LogP contribution is 2.48. The third kappa shape index (κ3) is 16.9. The highest BCUT2D eigenvalue weighted by molar-refractivity contribution is 5.38. The van der Waals surface area contributed by atoms with Crippen LogP contribution in [0.25, 0.3) is 0 Å². The van der Waals surface area contributed by atoms with Crippen LogP contribution < -0.4 is 0 Å². The fourth-order valence-corrected chi connectivity index (χ4v) is 6.44. The summed E-state index contributed by atoms with van der Waals surface area (Å²) in [6, 6.07) is 0. The monoisotopic (exact) mass is 691 g/mol. The molecule has 5 atom stereocenters. The van der Waals surface area contributed by atoms with Gasteiger partial charge in [-0.15, -0.1) is 0 Å². The average Bonchev–Trinajstić information content (AvgIpc) is 3.30. The maximum absolute atomic E-state index is 11.0. The minimum atomic E-state index is -0.867. The fourth-order valence-electron chi connectivity index (χ4n) is 6.44. The lowest BCUT2D eigenvalue weighted by molar-refractivity contribution is -0.170. The van der Waals surface area contributed by atoms with Crippen molar-refractivity contribution >= 4 is 6.47 Å². The Hall–Kier alpha value is -0.850. The van der Waals surface area contributed by atoms with E-state index < -0.39 is 39.2 Å². The van der Waals surface area contributed by atoms with E-state index in [9.17, 15) is 20.1 Å². The van der Waals surface area contributed by atoms with Crippen LogP contribution in [-0.4, -0.2) is 106 Å². The molecule has 1 aliphatic heterocycles. The van der Waals surface area contributed by atoms with Gasteiger partial charge in [0.25, 0.3) is 6.47 Å². The molecule has 0 spiro atoms. The Labute approximate surface area is 292 Å². The second-order valence-corrected chi connectivity index (χ2v) is 18.3. The average molecular weight is 691 g/mol. The molecule has 48 heavy (non-hydrogen) atoms. The minimum Gasteiger partial charge on any atom is -0.462 e. The van der Waals surface area contributed by atoms with Crippen molar-refractivity contribution in [3.63, 3.8) is 0 Å². The summed E-state index contributed by atoms with van der Waals surface area (Å²) >= 11 is 0. The Balaban J connectivity index is 3.51. The minimum absolute atomic E-state index is 0.0195. The van der Waals surface area contributed by atoms with Crippen molar-refractivity contribution in [1.29, 1.82) is 0 Å². The van der Waals surface area contributed by atoms with Gasteiger partial charge in [0.1, 0.15) is 5.60 Å². The molecule has 1 saturated heterocycles. The van der Waals surface area contributed by atoms with E-state index in [1.54, 1.807) is 41.5 Å². The Morgan fingerprint density at radius 1 is 0.688 bits per heavy atom. The first-order chi connectivity index (χ1) is 21.5. The molecule has 5 unspecified atom stereocenters. The van der Waals surface area contributed by atoms with Gasteiger partial charge in [0.2, 0.25) is 0 Å². The molecule has 0 aromatic rings. The number of rotatable bonds is 24. The van der Waals surface area contributed by atoms with Crippen molar-refractivity contribution in [1.82, 2.24) is 0 Å². The van der Waals surface area contributed by atoms with Crippen molar-refractivity contribution in [2.24, 2.45) is 17.8 Å². The summed E-state index contributed by atoms with van der Waals surface area (Å²) < 4.78 is 38.1. The quantitative estimate of drug-likeness (QED) is 0.100. The van der Waals surface area contributed by atoms with Crippen molar-refractivity contribution in [3.05, 3.63) is 0 Å². The van der Waals surface area contributed by atoms with E-state index in [0.29, 0.717) is 71.6 Å². The lowest BCUT2D eigenvalue weighted by atomic mass is 9.67. The fraction of sp³-hybridized carbons (Fsp3) is 0.974. The van der Waals surface area contributed by atoms with Crippen LogP contribution in [0, 0.1) is 17.8 Å². The summed E-state index contributed by atoms with van der Waals surface area (Å²) in [7, 11) is 0. The standard InChI is InChI=1S/C38H74O10/c1-27(43-20-16-32(2,3)40)28-25-44-31(30(28)38(14,15)47-22-18-34(6,7)42)29(37(12,13)46-21-17-33(4,5)41)24-36(10,11)45-23-19-35(8,9)48-26-39/h26-31,40-42H,16-25H2,1-15H3. The molecule has 10 nitrogen and oxygen atoms in total. The van der Waals surface area contributed by atoms with Crippen LogP contribution in [0.4, 0.5) is 0 Å². The normalized spacial score (nSPS) is 21.8. The number of hydrogen-bond acceptors (Lipinski definition) is 10. The summed E-state index contributed by atoms with van der Waals surface area (Å²) in [5, 5.41) is 31.2. The van der Waals surface area contributed by atoms with Crippen LogP contribution in [0.5, 0.6) is 0 Å². The van der Waals surface area contributed by atoms with Gasteiger partial charge in [0.05, 0.1) is 72.2 Å². The van der Waals surface area contributed by atoms with Crippen LogP contribution in [0.1, 0.15) is 136 Å². The van der Waals surface area contributed by atoms with Crippen molar-refractivity contribution in [2.75, 3.05) is 33.0 Å². The van der Waals surface area contributed by atoms with E-state index in [-0.39, 0.29) is 30.0 Å². The first-order valence-electron chi connectivity index (χ1n) is 17.9. The summed E-state index contributed by atoms with van der Waals surface area (Å²) in [6.45, 7) is 31.5. The molecule has 1 aliphatic rings. The molecule has 1 fully saturated rings. The largest absolute Gasteiger partial charge is 0.462 e. The number of ether oxygens (including phenoxy) is 6. The summed E-state index contributed by atoms with van der Waals surface area (Å²) in [5.74, 6) is -0.299. The molecular weight excluding hydrogens is 616 g/mol. The lowest BCUT2D eigenvalue weighted by Crippen LogP contribution is -2.54. The number of aliphatic hydroxyl groups is 3. The zero-order chi connectivity index (χ0) is 37.4. The third-order valence-electron chi connectivity index (χ3n) is 9.74. The first kappa shape index (κ1) is 45.2. The first-order valence-corrected chi connectivity index (χ1v) is 17.9. The smallest absolute Gasteiger partial charge is 0.293 e. The maximum atomic E-state index is 11.0. The zero-order valence-corrected chi connectivity index (χ0v) is 33.2. The second kappa shape index (κ2) is 17.6. The molecule has 0 aromatic heterocycles. The topological polar surface area (TPSA) is 133 Å². The van der Waals surface area contributed by atoms with Gasteiger partial charge >= 0.3 is 0 Å². The molecule has 0 aromatic carbocycles. The van der Waals surface area contributed by atoms with E-state index in [1.807, 2.05) is 13.8 Å². The summed E-state index contributed by atoms with van der Waals surface area (Å²) in [5.41, 5.74) is -5.14. The van der Waals surface area contributed by atoms with E-state index in [0.717, 1.165) is 0 Å². The van der Waals surface area contributed by atoms with Gasteiger partial charge in [0.15, 0.2) is 0 Å². The lowest BCUT2D eigenvalue weighted by Gasteiger charge is -2.47. The molecule has 0 saturated carbocycles. The zero-order valence-electron chi connectivity index (χ0n) is 33.2. The van der Waals surface area contributed by atoms with Crippen LogP contribution >= 0.6 is 0 Å². The summed E-state index contributed by atoms with van der Waals surface area (Å²) in [6.07, 6.45) is 2.12. The van der Waals surface area contributed by atoms with Gasteiger partial charge < -0.3 is 43.7 Å². The van der Waals surface area contributed by atoms with Gasteiger partial charge in [0, 0.05) is 30.8 Å². The highest BCUT2D eigenvalue weighted by Gasteiger charge is 2.55. The number of carbonyl (C=O) groups is 1. The predicted molar refractivity (Wildman–Crippen MR) is 189 cm³/mol. The Morgan fingerprint density at radius 3 is 1.67 bits per heavy atom. The van der Waals surface area contributed by atoms with Gasteiger partial charge in [-0.2, -0.15) is 0 Å². The van der Waals surface area contributed by atoms with Crippen molar-refractivity contribution in [2.45, 2.75) is 187 Å².